The van der Waals surface area contributed by atoms with Crippen molar-refractivity contribution in [2.45, 2.75) is 26.2 Å². The molecule has 5 heteroatoms. The molecule has 1 aliphatic heterocycles. The van der Waals surface area contributed by atoms with Crippen molar-refractivity contribution in [1.29, 1.82) is 0 Å². The highest BCUT2D eigenvalue weighted by Gasteiger charge is 2.22. The predicted molar refractivity (Wildman–Crippen MR) is 78.4 cm³/mol. The second kappa shape index (κ2) is 7.20. The summed E-state index contributed by atoms with van der Waals surface area (Å²) in [6.07, 6.45) is 2.15. The Balaban J connectivity index is 1.99. The van der Waals surface area contributed by atoms with Crippen molar-refractivity contribution in [2.24, 2.45) is 0 Å². The summed E-state index contributed by atoms with van der Waals surface area (Å²) >= 11 is 0. The SMILES string of the molecule is CCCC(=O)N1CCCN(C(=O)c2cccc(F)c2)CC1. The zero-order valence-electron chi connectivity index (χ0n) is 12.3. The van der Waals surface area contributed by atoms with E-state index in [2.05, 4.69) is 0 Å². The smallest absolute Gasteiger partial charge is 0.254 e. The van der Waals surface area contributed by atoms with Crippen LogP contribution in [0.15, 0.2) is 24.3 Å². The van der Waals surface area contributed by atoms with E-state index in [4.69, 9.17) is 0 Å². The summed E-state index contributed by atoms with van der Waals surface area (Å²) in [7, 11) is 0. The van der Waals surface area contributed by atoms with Crippen LogP contribution in [0.1, 0.15) is 36.5 Å². The van der Waals surface area contributed by atoms with Gasteiger partial charge in [0.2, 0.25) is 5.91 Å². The fourth-order valence-corrected chi connectivity index (χ4v) is 2.55. The molecule has 0 aliphatic carbocycles. The molecule has 1 aromatic rings. The molecule has 2 amide bonds. The van der Waals surface area contributed by atoms with Crippen LogP contribution in [0.25, 0.3) is 0 Å². The van der Waals surface area contributed by atoms with Crippen LogP contribution >= 0.6 is 0 Å². The molecule has 1 fully saturated rings. The Bertz CT molecular complexity index is 519. The van der Waals surface area contributed by atoms with Gasteiger partial charge in [0.15, 0.2) is 0 Å². The molecule has 4 nitrogen and oxygen atoms in total. The summed E-state index contributed by atoms with van der Waals surface area (Å²) in [5, 5.41) is 0. The van der Waals surface area contributed by atoms with Crippen molar-refractivity contribution < 1.29 is 14.0 Å². The van der Waals surface area contributed by atoms with E-state index in [1.54, 1.807) is 11.0 Å². The normalized spacial score (nSPS) is 15.7. The molecule has 0 unspecified atom stereocenters. The fraction of sp³-hybridized carbons (Fsp3) is 0.500. The Morgan fingerprint density at radius 3 is 2.57 bits per heavy atom. The standard InChI is InChI=1S/C16H21FN2O2/c1-2-5-15(20)18-8-4-9-19(11-10-18)16(21)13-6-3-7-14(17)12-13/h3,6-7,12H,2,4-5,8-11H2,1H3. The lowest BCUT2D eigenvalue weighted by Crippen LogP contribution is -2.37. The molecule has 1 heterocycles. The summed E-state index contributed by atoms with van der Waals surface area (Å²) in [5.41, 5.74) is 0.364. The minimum absolute atomic E-state index is 0.151. The van der Waals surface area contributed by atoms with Gasteiger partial charge >= 0.3 is 0 Å². The molecule has 21 heavy (non-hydrogen) atoms. The number of carbonyl (C=O) groups is 2. The maximum atomic E-state index is 13.2. The van der Waals surface area contributed by atoms with E-state index in [1.165, 1.54) is 18.2 Å². The highest BCUT2D eigenvalue weighted by Crippen LogP contribution is 2.11. The number of amides is 2. The molecule has 0 spiro atoms. The second-order valence-electron chi connectivity index (χ2n) is 5.29. The third kappa shape index (κ3) is 4.03. The zero-order chi connectivity index (χ0) is 15.2. The van der Waals surface area contributed by atoms with Crippen LogP contribution in [0.2, 0.25) is 0 Å². The highest BCUT2D eigenvalue weighted by molar-refractivity contribution is 5.94. The van der Waals surface area contributed by atoms with Crippen molar-refractivity contribution in [1.82, 2.24) is 9.80 Å². The monoisotopic (exact) mass is 292 g/mol. The van der Waals surface area contributed by atoms with E-state index < -0.39 is 5.82 Å². The molecule has 0 atom stereocenters. The quantitative estimate of drug-likeness (QED) is 0.857. The summed E-state index contributed by atoms with van der Waals surface area (Å²) < 4.78 is 13.2. The molecule has 1 aliphatic rings. The average Bonchev–Trinajstić information content (AvgIpc) is 2.72. The Labute approximate surface area is 124 Å². The van der Waals surface area contributed by atoms with Crippen LogP contribution in [0, 0.1) is 5.82 Å². The van der Waals surface area contributed by atoms with Crippen molar-refractivity contribution in [3.63, 3.8) is 0 Å². The Kier molecular flexibility index (Phi) is 5.31. The first-order valence-corrected chi connectivity index (χ1v) is 7.44. The fourth-order valence-electron chi connectivity index (χ4n) is 2.55. The van der Waals surface area contributed by atoms with Gasteiger partial charge in [0, 0.05) is 38.2 Å². The van der Waals surface area contributed by atoms with Crippen LogP contribution in [0.4, 0.5) is 4.39 Å². The highest BCUT2D eigenvalue weighted by atomic mass is 19.1. The predicted octanol–water partition coefficient (Wildman–Crippen LogP) is 2.30. The molecule has 0 bridgehead atoms. The van der Waals surface area contributed by atoms with Crippen molar-refractivity contribution >= 4 is 11.8 Å². The van der Waals surface area contributed by atoms with E-state index in [-0.39, 0.29) is 11.8 Å². The Hall–Kier alpha value is -1.91. The second-order valence-corrected chi connectivity index (χ2v) is 5.29. The molecule has 0 N–H and O–H groups in total. The number of halogens is 1. The Morgan fingerprint density at radius 1 is 1.14 bits per heavy atom. The summed E-state index contributed by atoms with van der Waals surface area (Å²) in [6.45, 7) is 4.33. The summed E-state index contributed by atoms with van der Waals surface area (Å²) in [5.74, 6) is -0.424. The molecule has 1 saturated heterocycles. The van der Waals surface area contributed by atoms with Crippen molar-refractivity contribution in [3.8, 4) is 0 Å². The minimum atomic E-state index is -0.407. The van der Waals surface area contributed by atoms with Crippen LogP contribution in [0.5, 0.6) is 0 Å². The van der Waals surface area contributed by atoms with E-state index in [1.807, 2.05) is 11.8 Å². The van der Waals surface area contributed by atoms with Gasteiger partial charge in [0.1, 0.15) is 5.82 Å². The van der Waals surface area contributed by atoms with Gasteiger partial charge in [-0.05, 0) is 31.0 Å². The van der Waals surface area contributed by atoms with Crippen molar-refractivity contribution in [2.75, 3.05) is 26.2 Å². The first-order valence-electron chi connectivity index (χ1n) is 7.44. The third-order valence-corrected chi connectivity index (χ3v) is 3.67. The van der Waals surface area contributed by atoms with Gasteiger partial charge in [0.25, 0.3) is 5.91 Å². The van der Waals surface area contributed by atoms with Crippen LogP contribution in [-0.2, 0) is 4.79 Å². The summed E-state index contributed by atoms with van der Waals surface area (Å²) in [6, 6.07) is 5.74. The molecule has 2 rings (SSSR count). The number of carbonyl (C=O) groups excluding carboxylic acids is 2. The number of hydrogen-bond acceptors (Lipinski definition) is 2. The first kappa shape index (κ1) is 15.5. The number of hydrogen-bond donors (Lipinski definition) is 0. The lowest BCUT2D eigenvalue weighted by Gasteiger charge is -2.22. The topological polar surface area (TPSA) is 40.6 Å². The molecular formula is C16H21FN2O2. The Morgan fingerprint density at radius 2 is 1.86 bits per heavy atom. The number of rotatable bonds is 3. The van der Waals surface area contributed by atoms with Gasteiger partial charge in [-0.25, -0.2) is 4.39 Å². The molecular weight excluding hydrogens is 271 g/mol. The van der Waals surface area contributed by atoms with Gasteiger partial charge in [-0.1, -0.05) is 13.0 Å². The third-order valence-electron chi connectivity index (χ3n) is 3.67. The zero-order valence-corrected chi connectivity index (χ0v) is 12.3. The van der Waals surface area contributed by atoms with Crippen LogP contribution in [-0.4, -0.2) is 47.8 Å². The number of nitrogens with zero attached hydrogens (tertiary/aromatic N) is 2. The molecule has 114 valence electrons. The van der Waals surface area contributed by atoms with E-state index >= 15 is 0 Å². The average molecular weight is 292 g/mol. The maximum Gasteiger partial charge on any atom is 0.254 e. The largest absolute Gasteiger partial charge is 0.341 e. The molecule has 0 radical (unpaired) electrons. The van der Waals surface area contributed by atoms with E-state index in [0.717, 1.165) is 12.8 Å². The molecule has 0 saturated carbocycles. The summed E-state index contributed by atoms with van der Waals surface area (Å²) in [4.78, 5) is 27.8. The number of benzene rings is 1. The molecule has 0 aromatic heterocycles. The maximum absolute atomic E-state index is 13.2. The van der Waals surface area contributed by atoms with Gasteiger partial charge in [-0.2, -0.15) is 0 Å². The lowest BCUT2D eigenvalue weighted by atomic mass is 10.2. The van der Waals surface area contributed by atoms with Crippen LogP contribution < -0.4 is 0 Å². The van der Waals surface area contributed by atoms with Gasteiger partial charge in [0.05, 0.1) is 0 Å². The first-order chi connectivity index (χ1) is 10.1. The van der Waals surface area contributed by atoms with Gasteiger partial charge < -0.3 is 9.80 Å². The van der Waals surface area contributed by atoms with E-state index in [9.17, 15) is 14.0 Å². The minimum Gasteiger partial charge on any atom is -0.341 e. The van der Waals surface area contributed by atoms with Crippen LogP contribution in [0.3, 0.4) is 0 Å². The molecule has 1 aromatic carbocycles. The lowest BCUT2D eigenvalue weighted by molar-refractivity contribution is -0.131. The van der Waals surface area contributed by atoms with Gasteiger partial charge in [-0.3, -0.25) is 9.59 Å². The van der Waals surface area contributed by atoms with Gasteiger partial charge in [-0.15, -0.1) is 0 Å². The van der Waals surface area contributed by atoms with Crippen molar-refractivity contribution in [3.05, 3.63) is 35.6 Å². The van der Waals surface area contributed by atoms with E-state index in [0.29, 0.717) is 38.2 Å².